The summed E-state index contributed by atoms with van der Waals surface area (Å²) in [5.41, 5.74) is -0.669. The van der Waals surface area contributed by atoms with Gasteiger partial charge in [0.25, 0.3) is 0 Å². The Hall–Kier alpha value is -1.23. The summed E-state index contributed by atoms with van der Waals surface area (Å²) in [6.07, 6.45) is 4.17. The van der Waals surface area contributed by atoms with Gasteiger partial charge in [-0.3, -0.25) is 4.79 Å². The Bertz CT molecular complexity index is 397. The van der Waals surface area contributed by atoms with E-state index in [9.17, 15) is 4.79 Å². The molecule has 0 aliphatic carbocycles. The molecule has 0 saturated carbocycles. The molecule has 0 radical (unpaired) electrons. The molecule has 19 heavy (non-hydrogen) atoms. The number of nitrogens with zero attached hydrogens (tertiary/aromatic N) is 3. The first-order valence-corrected chi connectivity index (χ1v) is 7.17. The number of carbonyl (C=O) groups excluding carboxylic acids is 1. The van der Waals surface area contributed by atoms with Gasteiger partial charge in [-0.05, 0) is 26.2 Å². The van der Waals surface area contributed by atoms with Crippen LogP contribution in [0.25, 0.3) is 0 Å². The van der Waals surface area contributed by atoms with Gasteiger partial charge in [-0.2, -0.15) is 5.10 Å². The van der Waals surface area contributed by atoms with E-state index >= 15 is 0 Å². The topological polar surface area (TPSA) is 57.0 Å². The lowest BCUT2D eigenvalue weighted by Crippen LogP contribution is -2.42. The van der Waals surface area contributed by atoms with Gasteiger partial charge >= 0.3 is 0 Å². The molecule has 1 aromatic rings. The Labute approximate surface area is 115 Å². The molecular weight excluding hydrogens is 242 g/mol. The van der Waals surface area contributed by atoms with Crippen LogP contribution in [0.4, 0.5) is 0 Å². The largest absolute Gasteiger partial charge is 0.368 e. The van der Waals surface area contributed by atoms with Crippen molar-refractivity contribution in [1.29, 1.82) is 0 Å². The molecule has 0 atom stereocenters. The lowest BCUT2D eigenvalue weighted by Gasteiger charge is -2.29. The third-order valence-corrected chi connectivity index (χ3v) is 3.52. The van der Waals surface area contributed by atoms with Gasteiger partial charge in [0, 0.05) is 13.2 Å². The van der Waals surface area contributed by atoms with E-state index in [1.54, 1.807) is 4.68 Å². The predicted octanol–water partition coefficient (Wildman–Crippen LogP) is 2.40. The molecule has 0 fully saturated rings. The van der Waals surface area contributed by atoms with Crippen molar-refractivity contribution in [2.45, 2.75) is 65.5 Å². The Morgan fingerprint density at radius 3 is 2.53 bits per heavy atom. The maximum atomic E-state index is 12.5. The standard InChI is InChI=1S/C14H25N3O2/c1-5-9-17-13(15-11-16-17)10-12(18)14(6-2,7-3)19-8-4/h11H,5-10H2,1-4H3. The average Bonchev–Trinajstić information content (AvgIpc) is 2.84. The first kappa shape index (κ1) is 15.8. The van der Waals surface area contributed by atoms with E-state index in [0.717, 1.165) is 18.8 Å². The monoisotopic (exact) mass is 267 g/mol. The Balaban J connectivity index is 2.84. The maximum absolute atomic E-state index is 12.5. The zero-order chi connectivity index (χ0) is 14.3. The third-order valence-electron chi connectivity index (χ3n) is 3.52. The first-order chi connectivity index (χ1) is 9.13. The van der Waals surface area contributed by atoms with Crippen LogP contribution in [-0.2, 0) is 22.5 Å². The quantitative estimate of drug-likeness (QED) is 0.689. The van der Waals surface area contributed by atoms with Crippen molar-refractivity contribution >= 4 is 5.78 Å². The van der Waals surface area contributed by atoms with Crippen molar-refractivity contribution in [2.24, 2.45) is 0 Å². The normalized spacial score (nSPS) is 11.8. The van der Waals surface area contributed by atoms with Gasteiger partial charge in [0.1, 0.15) is 17.8 Å². The van der Waals surface area contributed by atoms with Gasteiger partial charge in [-0.25, -0.2) is 9.67 Å². The van der Waals surface area contributed by atoms with E-state index in [0.29, 0.717) is 25.9 Å². The number of rotatable bonds is 9. The Kier molecular flexibility index (Phi) is 6.15. The van der Waals surface area contributed by atoms with Crippen LogP contribution in [-0.4, -0.2) is 32.8 Å². The zero-order valence-electron chi connectivity index (χ0n) is 12.5. The molecule has 108 valence electrons. The van der Waals surface area contributed by atoms with Gasteiger partial charge in [-0.15, -0.1) is 0 Å². The van der Waals surface area contributed by atoms with Gasteiger partial charge < -0.3 is 4.74 Å². The van der Waals surface area contributed by atoms with Crippen molar-refractivity contribution < 1.29 is 9.53 Å². The van der Waals surface area contributed by atoms with Gasteiger partial charge in [0.05, 0.1) is 6.42 Å². The molecule has 0 N–H and O–H groups in total. The number of ketones is 1. The van der Waals surface area contributed by atoms with E-state index in [4.69, 9.17) is 4.74 Å². The van der Waals surface area contributed by atoms with Crippen molar-refractivity contribution in [3.63, 3.8) is 0 Å². The highest BCUT2D eigenvalue weighted by atomic mass is 16.5. The van der Waals surface area contributed by atoms with Crippen molar-refractivity contribution in [2.75, 3.05) is 6.61 Å². The molecule has 5 nitrogen and oxygen atoms in total. The summed E-state index contributed by atoms with van der Waals surface area (Å²) in [6, 6.07) is 0. The lowest BCUT2D eigenvalue weighted by atomic mass is 9.89. The lowest BCUT2D eigenvalue weighted by molar-refractivity contribution is -0.144. The van der Waals surface area contributed by atoms with Crippen LogP contribution in [0.2, 0.25) is 0 Å². The predicted molar refractivity (Wildman–Crippen MR) is 74.0 cm³/mol. The van der Waals surface area contributed by atoms with E-state index in [-0.39, 0.29) is 5.78 Å². The molecule has 0 amide bonds. The number of aryl methyl sites for hydroxylation is 1. The molecule has 5 heteroatoms. The van der Waals surface area contributed by atoms with Gasteiger partial charge in [-0.1, -0.05) is 20.8 Å². The van der Waals surface area contributed by atoms with Crippen LogP contribution < -0.4 is 0 Å². The van der Waals surface area contributed by atoms with Crippen LogP contribution in [0, 0.1) is 0 Å². The minimum Gasteiger partial charge on any atom is -0.368 e. The molecule has 1 aromatic heterocycles. The minimum absolute atomic E-state index is 0.102. The Morgan fingerprint density at radius 1 is 1.32 bits per heavy atom. The van der Waals surface area contributed by atoms with Gasteiger partial charge in [0.15, 0.2) is 5.78 Å². The third kappa shape index (κ3) is 3.62. The van der Waals surface area contributed by atoms with E-state index in [2.05, 4.69) is 17.0 Å². The first-order valence-electron chi connectivity index (χ1n) is 7.17. The number of ether oxygens (including phenoxy) is 1. The smallest absolute Gasteiger partial charge is 0.172 e. The van der Waals surface area contributed by atoms with Crippen LogP contribution in [0.1, 0.15) is 52.8 Å². The second-order valence-electron chi connectivity index (χ2n) is 4.63. The number of hydrogen-bond acceptors (Lipinski definition) is 4. The molecule has 1 rings (SSSR count). The van der Waals surface area contributed by atoms with E-state index in [1.807, 2.05) is 20.8 Å². The molecule has 0 aliphatic heterocycles. The zero-order valence-corrected chi connectivity index (χ0v) is 12.5. The summed E-state index contributed by atoms with van der Waals surface area (Å²) in [4.78, 5) is 16.7. The molecule has 0 spiro atoms. The second-order valence-corrected chi connectivity index (χ2v) is 4.63. The average molecular weight is 267 g/mol. The fraction of sp³-hybridized carbons (Fsp3) is 0.786. The van der Waals surface area contributed by atoms with Crippen LogP contribution >= 0.6 is 0 Å². The number of carbonyl (C=O) groups is 1. The molecule has 0 aromatic carbocycles. The molecule has 0 unspecified atom stereocenters. The van der Waals surface area contributed by atoms with E-state index in [1.165, 1.54) is 6.33 Å². The number of Topliss-reactive ketones (excluding diaryl/α,β-unsaturated/α-hetero) is 1. The van der Waals surface area contributed by atoms with Crippen LogP contribution in [0.5, 0.6) is 0 Å². The number of hydrogen-bond donors (Lipinski definition) is 0. The molecule has 0 aliphatic rings. The fourth-order valence-corrected chi connectivity index (χ4v) is 2.33. The summed E-state index contributed by atoms with van der Waals surface area (Å²) in [5.74, 6) is 0.836. The molecular formula is C14H25N3O2. The van der Waals surface area contributed by atoms with Crippen molar-refractivity contribution in [3.8, 4) is 0 Å². The fourth-order valence-electron chi connectivity index (χ4n) is 2.33. The minimum atomic E-state index is -0.669. The van der Waals surface area contributed by atoms with Gasteiger partial charge in [0.2, 0.25) is 0 Å². The van der Waals surface area contributed by atoms with Crippen molar-refractivity contribution in [1.82, 2.24) is 14.8 Å². The molecule has 1 heterocycles. The van der Waals surface area contributed by atoms with Crippen LogP contribution in [0.3, 0.4) is 0 Å². The summed E-state index contributed by atoms with van der Waals surface area (Å²) >= 11 is 0. The highest BCUT2D eigenvalue weighted by molar-refractivity contribution is 5.88. The van der Waals surface area contributed by atoms with Crippen molar-refractivity contribution in [3.05, 3.63) is 12.2 Å². The summed E-state index contributed by atoms with van der Waals surface area (Å²) in [5, 5.41) is 4.15. The van der Waals surface area contributed by atoms with E-state index < -0.39 is 5.60 Å². The van der Waals surface area contributed by atoms with Crippen LogP contribution in [0.15, 0.2) is 6.33 Å². The summed E-state index contributed by atoms with van der Waals surface area (Å²) < 4.78 is 7.54. The summed E-state index contributed by atoms with van der Waals surface area (Å²) in [7, 11) is 0. The highest BCUT2D eigenvalue weighted by Crippen LogP contribution is 2.23. The number of aromatic nitrogens is 3. The summed E-state index contributed by atoms with van der Waals surface area (Å²) in [6.45, 7) is 9.34. The Morgan fingerprint density at radius 2 is 2.00 bits per heavy atom. The SMILES string of the molecule is CCCn1ncnc1CC(=O)C(CC)(CC)OCC. The highest BCUT2D eigenvalue weighted by Gasteiger charge is 2.35. The molecule has 0 saturated heterocycles. The second kappa shape index (κ2) is 7.38. The maximum Gasteiger partial charge on any atom is 0.172 e. The molecule has 0 bridgehead atoms.